The summed E-state index contributed by atoms with van der Waals surface area (Å²) in [5.74, 6) is -0.857. The number of piperidine rings is 1. The Morgan fingerprint density at radius 2 is 1.80 bits per heavy atom. The number of likely N-dealkylation sites (tertiary alicyclic amines) is 1. The standard InChI is InChI=1S/C19H28N2O4/c1-18(2,3)21-11-9-19(10-12-21,16(22)23)14-20-17(24)25-13-15-7-5-4-6-8-15/h4-8H,9-14H2,1-3H3,(H,20,24)(H,22,23). The molecule has 0 unspecified atom stereocenters. The molecule has 1 aromatic carbocycles. The third kappa shape index (κ3) is 5.19. The van der Waals surface area contributed by atoms with E-state index in [1.54, 1.807) is 0 Å². The average Bonchev–Trinajstić information content (AvgIpc) is 2.58. The molecule has 2 N–H and O–H groups in total. The third-order valence-electron chi connectivity index (χ3n) is 4.91. The topological polar surface area (TPSA) is 78.9 Å². The summed E-state index contributed by atoms with van der Waals surface area (Å²) in [5.41, 5.74) is -0.00989. The van der Waals surface area contributed by atoms with Crippen LogP contribution in [0.5, 0.6) is 0 Å². The summed E-state index contributed by atoms with van der Waals surface area (Å²) < 4.78 is 5.17. The summed E-state index contributed by atoms with van der Waals surface area (Å²) in [6.07, 6.45) is 0.444. The molecule has 6 heteroatoms. The van der Waals surface area contributed by atoms with Gasteiger partial charge in [0.05, 0.1) is 5.41 Å². The van der Waals surface area contributed by atoms with Crippen molar-refractivity contribution in [3.05, 3.63) is 35.9 Å². The summed E-state index contributed by atoms with van der Waals surface area (Å²) in [7, 11) is 0. The molecule has 138 valence electrons. The molecule has 1 fully saturated rings. The molecule has 1 amide bonds. The maximum atomic E-state index is 11.9. The molecule has 1 aliphatic heterocycles. The molecule has 1 aliphatic rings. The van der Waals surface area contributed by atoms with Crippen LogP contribution < -0.4 is 5.32 Å². The minimum atomic E-state index is -0.923. The summed E-state index contributed by atoms with van der Waals surface area (Å²) in [4.78, 5) is 26.0. The zero-order chi connectivity index (χ0) is 18.5. The van der Waals surface area contributed by atoms with Crippen molar-refractivity contribution in [1.82, 2.24) is 10.2 Å². The van der Waals surface area contributed by atoms with Crippen LogP contribution in [0.1, 0.15) is 39.2 Å². The number of benzene rings is 1. The van der Waals surface area contributed by atoms with Crippen LogP contribution in [0.15, 0.2) is 30.3 Å². The number of hydrogen-bond donors (Lipinski definition) is 2. The van der Waals surface area contributed by atoms with Gasteiger partial charge in [-0.15, -0.1) is 0 Å². The summed E-state index contributed by atoms with van der Waals surface area (Å²) >= 11 is 0. The molecule has 25 heavy (non-hydrogen) atoms. The Kier molecular flexibility index (Phi) is 6.06. The van der Waals surface area contributed by atoms with Crippen LogP contribution in [0, 0.1) is 5.41 Å². The normalized spacial score (nSPS) is 17.7. The molecule has 2 rings (SSSR count). The highest BCUT2D eigenvalue weighted by molar-refractivity contribution is 5.76. The molecule has 0 aliphatic carbocycles. The number of nitrogens with one attached hydrogen (secondary N) is 1. The fourth-order valence-electron chi connectivity index (χ4n) is 3.09. The van der Waals surface area contributed by atoms with Gasteiger partial charge in [-0.2, -0.15) is 0 Å². The van der Waals surface area contributed by atoms with Gasteiger partial charge in [-0.3, -0.25) is 9.69 Å². The minimum Gasteiger partial charge on any atom is -0.481 e. The lowest BCUT2D eigenvalue weighted by Gasteiger charge is -2.44. The van der Waals surface area contributed by atoms with E-state index < -0.39 is 17.5 Å². The average molecular weight is 348 g/mol. The molecule has 0 bridgehead atoms. The molecule has 0 atom stereocenters. The lowest BCUT2D eigenvalue weighted by molar-refractivity contribution is -0.152. The number of carboxylic acid groups (broad SMARTS) is 1. The predicted octanol–water partition coefficient (Wildman–Crippen LogP) is 2.88. The third-order valence-corrected chi connectivity index (χ3v) is 4.91. The molecule has 0 spiro atoms. The van der Waals surface area contributed by atoms with Gasteiger partial charge in [-0.05, 0) is 52.3 Å². The number of alkyl carbamates (subject to hydrolysis) is 1. The summed E-state index contributed by atoms with van der Waals surface area (Å²) in [6, 6.07) is 9.38. The van der Waals surface area contributed by atoms with E-state index in [4.69, 9.17) is 4.74 Å². The molecular weight excluding hydrogens is 320 g/mol. The predicted molar refractivity (Wildman–Crippen MR) is 95.3 cm³/mol. The quantitative estimate of drug-likeness (QED) is 0.855. The smallest absolute Gasteiger partial charge is 0.407 e. The highest BCUT2D eigenvalue weighted by Gasteiger charge is 2.43. The highest BCUT2D eigenvalue weighted by Crippen LogP contribution is 2.34. The van der Waals surface area contributed by atoms with Gasteiger partial charge < -0.3 is 15.2 Å². The molecule has 1 saturated heterocycles. The second-order valence-corrected chi connectivity index (χ2v) is 7.66. The van der Waals surface area contributed by atoms with E-state index in [0.717, 1.165) is 5.56 Å². The number of hydrogen-bond acceptors (Lipinski definition) is 4. The maximum absolute atomic E-state index is 11.9. The van der Waals surface area contributed by atoms with Crippen LogP contribution in [0.2, 0.25) is 0 Å². The van der Waals surface area contributed by atoms with Gasteiger partial charge in [-0.25, -0.2) is 4.79 Å². The minimum absolute atomic E-state index is 0.0205. The Bertz CT molecular complexity index is 587. The Morgan fingerprint density at radius 1 is 1.20 bits per heavy atom. The SMILES string of the molecule is CC(C)(C)N1CCC(CNC(=O)OCc2ccccc2)(C(=O)O)CC1. The number of ether oxygens (including phenoxy) is 1. The second kappa shape index (κ2) is 7.87. The Balaban J connectivity index is 1.86. The number of rotatable bonds is 5. The van der Waals surface area contributed by atoms with Crippen LogP contribution in [0.4, 0.5) is 4.79 Å². The van der Waals surface area contributed by atoms with Crippen molar-refractivity contribution in [2.45, 2.75) is 45.8 Å². The van der Waals surface area contributed by atoms with Crippen LogP contribution in [0.25, 0.3) is 0 Å². The van der Waals surface area contributed by atoms with E-state index >= 15 is 0 Å². The van der Waals surface area contributed by atoms with Gasteiger partial charge in [0.25, 0.3) is 0 Å². The zero-order valence-electron chi connectivity index (χ0n) is 15.2. The summed E-state index contributed by atoms with van der Waals surface area (Å²) in [5, 5.41) is 12.3. The van der Waals surface area contributed by atoms with Crippen molar-refractivity contribution >= 4 is 12.1 Å². The van der Waals surface area contributed by atoms with E-state index in [2.05, 4.69) is 31.0 Å². The number of aliphatic carboxylic acids is 1. The van der Waals surface area contributed by atoms with Crippen LogP contribution in [0.3, 0.4) is 0 Å². The van der Waals surface area contributed by atoms with E-state index in [1.807, 2.05) is 30.3 Å². The van der Waals surface area contributed by atoms with Crippen molar-refractivity contribution in [2.75, 3.05) is 19.6 Å². The van der Waals surface area contributed by atoms with Gasteiger partial charge in [0.15, 0.2) is 0 Å². The first-order chi connectivity index (χ1) is 11.7. The largest absolute Gasteiger partial charge is 0.481 e. The Labute approximate surface area is 149 Å². The number of carbonyl (C=O) groups excluding carboxylic acids is 1. The van der Waals surface area contributed by atoms with Crippen molar-refractivity contribution < 1.29 is 19.4 Å². The maximum Gasteiger partial charge on any atom is 0.407 e. The van der Waals surface area contributed by atoms with Crippen LogP contribution >= 0.6 is 0 Å². The lowest BCUT2D eigenvalue weighted by atomic mass is 9.77. The van der Waals surface area contributed by atoms with Crippen LogP contribution in [-0.2, 0) is 16.1 Å². The molecule has 1 aromatic rings. The molecule has 1 heterocycles. The van der Waals surface area contributed by atoms with Crippen molar-refractivity contribution in [1.29, 1.82) is 0 Å². The van der Waals surface area contributed by atoms with E-state index in [9.17, 15) is 14.7 Å². The highest BCUT2D eigenvalue weighted by atomic mass is 16.5. The van der Waals surface area contributed by atoms with Crippen molar-refractivity contribution in [3.8, 4) is 0 Å². The number of nitrogens with zero attached hydrogens (tertiary/aromatic N) is 1. The summed E-state index contributed by atoms with van der Waals surface area (Å²) in [6.45, 7) is 8.05. The van der Waals surface area contributed by atoms with E-state index in [1.165, 1.54) is 0 Å². The van der Waals surface area contributed by atoms with E-state index in [-0.39, 0.29) is 18.7 Å². The monoisotopic (exact) mass is 348 g/mol. The molecule has 6 nitrogen and oxygen atoms in total. The van der Waals surface area contributed by atoms with Gasteiger partial charge in [0, 0.05) is 12.1 Å². The molecular formula is C19H28N2O4. The second-order valence-electron chi connectivity index (χ2n) is 7.66. The van der Waals surface area contributed by atoms with Crippen molar-refractivity contribution in [2.24, 2.45) is 5.41 Å². The lowest BCUT2D eigenvalue weighted by Crippen LogP contribution is -2.54. The van der Waals surface area contributed by atoms with Gasteiger partial charge in [0.2, 0.25) is 0 Å². The number of carbonyl (C=O) groups is 2. The van der Waals surface area contributed by atoms with Crippen molar-refractivity contribution in [3.63, 3.8) is 0 Å². The van der Waals surface area contributed by atoms with Crippen LogP contribution in [-0.4, -0.2) is 47.2 Å². The first-order valence-electron chi connectivity index (χ1n) is 8.66. The molecule has 0 saturated carbocycles. The molecule has 0 aromatic heterocycles. The molecule has 0 radical (unpaired) electrons. The van der Waals surface area contributed by atoms with E-state index in [0.29, 0.717) is 25.9 Å². The van der Waals surface area contributed by atoms with Gasteiger partial charge in [0.1, 0.15) is 6.61 Å². The number of carboxylic acids is 1. The Morgan fingerprint density at radius 3 is 2.32 bits per heavy atom. The fraction of sp³-hybridized carbons (Fsp3) is 0.579. The Hall–Kier alpha value is -2.08. The number of amides is 1. The first kappa shape index (κ1) is 19.2. The van der Waals surface area contributed by atoms with Gasteiger partial charge in [-0.1, -0.05) is 30.3 Å². The first-order valence-corrected chi connectivity index (χ1v) is 8.66. The van der Waals surface area contributed by atoms with Gasteiger partial charge >= 0.3 is 12.1 Å². The zero-order valence-corrected chi connectivity index (χ0v) is 15.2. The fourth-order valence-corrected chi connectivity index (χ4v) is 3.09.